The lowest BCUT2D eigenvalue weighted by molar-refractivity contribution is 0.105. The third-order valence-electron chi connectivity index (χ3n) is 2.65. The van der Waals surface area contributed by atoms with Crippen molar-refractivity contribution in [2.45, 2.75) is 0 Å². The number of hydrogen-bond donors (Lipinski definition) is 0. The van der Waals surface area contributed by atoms with Gasteiger partial charge in [-0.1, -0.05) is 36.4 Å². The van der Waals surface area contributed by atoms with E-state index >= 15 is 0 Å². The minimum Gasteiger partial charge on any atom is -0.430 e. The van der Waals surface area contributed by atoms with E-state index in [-0.39, 0.29) is 13.2 Å². The molecule has 0 unspecified atom stereocenters. The van der Waals surface area contributed by atoms with Crippen LogP contribution in [0.3, 0.4) is 0 Å². The molecule has 0 bridgehead atoms. The number of benzene rings is 2. The number of rotatable bonds is 6. The zero-order chi connectivity index (χ0) is 17.0. The number of para-hydroxylation sites is 2. The molecule has 0 radical (unpaired) electrons. The van der Waals surface area contributed by atoms with Gasteiger partial charge in [0.1, 0.15) is 24.7 Å². The molecule has 0 heterocycles. The molecule has 0 N–H and O–H groups in total. The van der Waals surface area contributed by atoms with E-state index in [1.165, 1.54) is 12.2 Å². The molecule has 2 aromatic rings. The van der Waals surface area contributed by atoms with Crippen molar-refractivity contribution in [2.75, 3.05) is 13.2 Å². The first-order valence-electron chi connectivity index (χ1n) is 7.18. The summed E-state index contributed by atoms with van der Waals surface area (Å²) in [5.41, 5.74) is 0. The van der Waals surface area contributed by atoms with Gasteiger partial charge in [-0.25, -0.2) is 9.59 Å². The summed E-state index contributed by atoms with van der Waals surface area (Å²) >= 11 is 0. The van der Waals surface area contributed by atoms with Crippen LogP contribution in [0.5, 0.6) is 11.5 Å². The molecule has 2 rings (SSSR count). The Hall–Kier alpha value is -3.28. The minimum atomic E-state index is -0.810. The Morgan fingerprint density at radius 1 is 0.667 bits per heavy atom. The van der Waals surface area contributed by atoms with Crippen LogP contribution in [-0.4, -0.2) is 25.5 Å². The van der Waals surface area contributed by atoms with E-state index < -0.39 is 12.3 Å². The van der Waals surface area contributed by atoms with Crippen molar-refractivity contribution in [1.29, 1.82) is 0 Å². The lowest BCUT2D eigenvalue weighted by Crippen LogP contribution is -2.11. The second-order valence-electron chi connectivity index (χ2n) is 4.42. The maximum Gasteiger partial charge on any atom is 0.514 e. The third kappa shape index (κ3) is 6.65. The second kappa shape index (κ2) is 9.68. The highest BCUT2D eigenvalue weighted by Crippen LogP contribution is 2.09. The van der Waals surface area contributed by atoms with Crippen LogP contribution in [0.2, 0.25) is 0 Å². The molecule has 0 aliphatic carbocycles. The van der Waals surface area contributed by atoms with E-state index in [9.17, 15) is 9.59 Å². The first-order chi connectivity index (χ1) is 11.7. The normalized spacial score (nSPS) is 10.2. The molecule has 0 atom stereocenters. The summed E-state index contributed by atoms with van der Waals surface area (Å²) in [6.07, 6.45) is 1.44. The van der Waals surface area contributed by atoms with Gasteiger partial charge in [0.2, 0.25) is 0 Å². The zero-order valence-electron chi connectivity index (χ0n) is 12.8. The highest BCUT2D eigenvalue weighted by atomic mass is 16.7. The number of hydrogen-bond acceptors (Lipinski definition) is 6. The first kappa shape index (κ1) is 17.1. The van der Waals surface area contributed by atoms with Crippen LogP contribution in [0.1, 0.15) is 0 Å². The number of ether oxygens (including phenoxy) is 4. The van der Waals surface area contributed by atoms with Crippen molar-refractivity contribution in [3.8, 4) is 11.5 Å². The van der Waals surface area contributed by atoms with Crippen LogP contribution in [0.4, 0.5) is 9.59 Å². The Morgan fingerprint density at radius 2 is 1.04 bits per heavy atom. The lowest BCUT2D eigenvalue weighted by Gasteiger charge is -2.04. The Kier molecular flexibility index (Phi) is 6.89. The van der Waals surface area contributed by atoms with E-state index in [0.29, 0.717) is 11.5 Å². The molecule has 0 amide bonds. The molecular weight excluding hydrogens is 312 g/mol. The second-order valence-corrected chi connectivity index (χ2v) is 4.42. The fraction of sp³-hybridized carbons (Fsp3) is 0.111. The Labute approximate surface area is 139 Å². The average Bonchev–Trinajstić information content (AvgIpc) is 2.60. The first-order valence-corrected chi connectivity index (χ1v) is 7.18. The molecule has 0 aliphatic rings. The van der Waals surface area contributed by atoms with Crippen LogP contribution in [0.25, 0.3) is 0 Å². The summed E-state index contributed by atoms with van der Waals surface area (Å²) in [5.74, 6) is 0.803. The molecule has 0 spiro atoms. The van der Waals surface area contributed by atoms with Crippen molar-refractivity contribution in [2.24, 2.45) is 0 Å². The van der Waals surface area contributed by atoms with E-state index in [0.717, 1.165) is 0 Å². The summed E-state index contributed by atoms with van der Waals surface area (Å²) in [4.78, 5) is 22.7. The van der Waals surface area contributed by atoms with E-state index in [4.69, 9.17) is 18.9 Å². The van der Waals surface area contributed by atoms with Crippen molar-refractivity contribution < 1.29 is 28.5 Å². The van der Waals surface area contributed by atoms with Gasteiger partial charge in [-0.2, -0.15) is 0 Å². The summed E-state index contributed by atoms with van der Waals surface area (Å²) in [5, 5.41) is 0. The molecule has 6 heteroatoms. The number of carbonyl (C=O) groups is 2. The van der Waals surface area contributed by atoms with Crippen molar-refractivity contribution in [1.82, 2.24) is 0 Å². The minimum absolute atomic E-state index is 0.00274. The van der Waals surface area contributed by atoms with E-state index in [1.54, 1.807) is 48.5 Å². The predicted molar refractivity (Wildman–Crippen MR) is 86.0 cm³/mol. The molecule has 2 aromatic carbocycles. The van der Waals surface area contributed by atoms with Gasteiger partial charge in [-0.15, -0.1) is 0 Å². The van der Waals surface area contributed by atoms with Gasteiger partial charge < -0.3 is 18.9 Å². The van der Waals surface area contributed by atoms with Gasteiger partial charge in [0, 0.05) is 0 Å². The molecule has 0 saturated heterocycles. The summed E-state index contributed by atoms with van der Waals surface area (Å²) in [6.45, 7) is 0.00548. The molecule has 24 heavy (non-hydrogen) atoms. The maximum atomic E-state index is 11.4. The van der Waals surface area contributed by atoms with Crippen molar-refractivity contribution in [3.63, 3.8) is 0 Å². The lowest BCUT2D eigenvalue weighted by atomic mass is 10.3. The summed E-state index contributed by atoms with van der Waals surface area (Å²) in [6, 6.07) is 17.2. The van der Waals surface area contributed by atoms with Gasteiger partial charge in [0.15, 0.2) is 0 Å². The van der Waals surface area contributed by atoms with Crippen molar-refractivity contribution in [3.05, 3.63) is 72.8 Å². The highest BCUT2D eigenvalue weighted by molar-refractivity contribution is 5.64. The fourth-order valence-corrected chi connectivity index (χ4v) is 1.60. The highest BCUT2D eigenvalue weighted by Gasteiger charge is 2.05. The Morgan fingerprint density at radius 3 is 1.42 bits per heavy atom. The topological polar surface area (TPSA) is 71.1 Å². The van der Waals surface area contributed by atoms with Gasteiger partial charge in [0.25, 0.3) is 0 Å². The molecule has 124 valence electrons. The summed E-state index contributed by atoms with van der Waals surface area (Å²) in [7, 11) is 0. The smallest absolute Gasteiger partial charge is 0.430 e. The monoisotopic (exact) mass is 328 g/mol. The molecular formula is C18H16O6. The molecule has 6 nitrogen and oxygen atoms in total. The van der Waals surface area contributed by atoms with Crippen LogP contribution >= 0.6 is 0 Å². The number of carbonyl (C=O) groups excluding carboxylic acids is 2. The van der Waals surface area contributed by atoms with Gasteiger partial charge in [-0.3, -0.25) is 0 Å². The zero-order valence-corrected chi connectivity index (χ0v) is 12.8. The molecule has 0 fully saturated rings. The molecule has 0 aromatic heterocycles. The van der Waals surface area contributed by atoms with Gasteiger partial charge >= 0.3 is 12.3 Å². The van der Waals surface area contributed by atoms with Crippen LogP contribution in [-0.2, 0) is 9.47 Å². The average molecular weight is 328 g/mol. The predicted octanol–water partition coefficient (Wildman–Crippen LogP) is 3.97. The molecule has 0 saturated carbocycles. The summed E-state index contributed by atoms with van der Waals surface area (Å²) < 4.78 is 19.5. The van der Waals surface area contributed by atoms with Crippen LogP contribution < -0.4 is 9.47 Å². The van der Waals surface area contributed by atoms with E-state index in [2.05, 4.69) is 0 Å². The third-order valence-corrected chi connectivity index (χ3v) is 2.65. The maximum absolute atomic E-state index is 11.4. The van der Waals surface area contributed by atoms with Crippen molar-refractivity contribution >= 4 is 12.3 Å². The Balaban J connectivity index is 1.57. The fourth-order valence-electron chi connectivity index (χ4n) is 1.60. The standard InChI is InChI=1S/C18H16O6/c19-17(23-15-9-3-1-4-10-15)21-13-7-8-14-22-18(20)24-16-11-5-2-6-12-16/h1-12H,13-14H2/b8-7-. The van der Waals surface area contributed by atoms with Crippen LogP contribution in [0, 0.1) is 0 Å². The van der Waals surface area contributed by atoms with Crippen LogP contribution in [0.15, 0.2) is 72.8 Å². The van der Waals surface area contributed by atoms with Gasteiger partial charge in [-0.05, 0) is 36.4 Å². The van der Waals surface area contributed by atoms with Gasteiger partial charge in [0.05, 0.1) is 0 Å². The SMILES string of the molecule is O=C(OC/C=C\COC(=O)Oc1ccccc1)Oc1ccccc1. The largest absolute Gasteiger partial charge is 0.514 e. The Bertz CT molecular complexity index is 607. The van der Waals surface area contributed by atoms with E-state index in [1.807, 2.05) is 12.1 Å². The molecule has 0 aliphatic heterocycles. The quantitative estimate of drug-likeness (QED) is 0.454.